The highest BCUT2D eigenvalue weighted by Gasteiger charge is 2.32. The molecule has 0 amide bonds. The number of aromatic nitrogens is 27. The van der Waals surface area contributed by atoms with E-state index in [0.717, 1.165) is 298 Å². The Labute approximate surface area is 836 Å². The molecule has 6 saturated heterocycles. The molecular weight excluding hydrogens is 1830 g/mol. The third kappa shape index (κ3) is 21.7. The van der Waals surface area contributed by atoms with Gasteiger partial charge in [-0.15, -0.1) is 34.0 Å². The first kappa shape index (κ1) is 95.4. The van der Waals surface area contributed by atoms with Gasteiger partial charge in [0.15, 0.2) is 50.0 Å². The van der Waals surface area contributed by atoms with Crippen molar-refractivity contribution in [2.45, 2.75) is 163 Å². The second kappa shape index (κ2) is 44.0. The van der Waals surface area contributed by atoms with Gasteiger partial charge in [-0.2, -0.15) is 40.8 Å². The number of anilines is 3. The van der Waals surface area contributed by atoms with Crippen molar-refractivity contribution in [3.63, 3.8) is 0 Å². The van der Waals surface area contributed by atoms with E-state index in [0.29, 0.717) is 48.0 Å². The summed E-state index contributed by atoms with van der Waals surface area (Å²) in [5, 5.41) is 88.0. The number of hydrogen-bond acceptors (Lipinski definition) is 30. The molecule has 12 N–H and O–H groups in total. The van der Waals surface area contributed by atoms with Crippen LogP contribution in [0, 0.1) is 38.5 Å². The van der Waals surface area contributed by atoms with Gasteiger partial charge in [0.2, 0.25) is 0 Å². The van der Waals surface area contributed by atoms with Crippen molar-refractivity contribution in [3.05, 3.63) is 173 Å². The highest BCUT2D eigenvalue weighted by atomic mass is 32.1. The lowest BCUT2D eigenvalue weighted by Crippen LogP contribution is -2.51. The summed E-state index contributed by atoms with van der Waals surface area (Å²) < 4.78 is 6.43. The van der Waals surface area contributed by atoms with Crippen molar-refractivity contribution >= 4 is 127 Å². The van der Waals surface area contributed by atoms with Gasteiger partial charge in [-0.05, 0) is 226 Å². The van der Waals surface area contributed by atoms with E-state index in [4.69, 9.17) is 30.1 Å². The monoisotopic (exact) mass is 1960 g/mol. The zero-order valence-electron chi connectivity index (χ0n) is 81.8. The molecule has 19 aromatic rings. The summed E-state index contributed by atoms with van der Waals surface area (Å²) in [7, 11) is 2.06. The molecule has 0 bridgehead atoms. The first-order valence-electron chi connectivity index (χ1n) is 49.8. The largest absolute Gasteiger partial charge is 0.353 e. The molecule has 6 fully saturated rings. The zero-order valence-corrected chi connectivity index (χ0v) is 84.2. The molecule has 0 radical (unpaired) electrons. The van der Waals surface area contributed by atoms with Crippen LogP contribution in [0.3, 0.4) is 0 Å². The van der Waals surface area contributed by atoms with Crippen molar-refractivity contribution in [2.75, 3.05) is 113 Å². The van der Waals surface area contributed by atoms with Gasteiger partial charge in [0, 0.05) is 198 Å². The summed E-state index contributed by atoms with van der Waals surface area (Å²) in [6.07, 6.45) is 26.5. The van der Waals surface area contributed by atoms with Crippen molar-refractivity contribution in [2.24, 2.45) is 24.8 Å². The molecule has 6 aliphatic rings. The molecule has 24 heterocycles. The molecule has 0 saturated carbocycles. The highest BCUT2D eigenvalue weighted by molar-refractivity contribution is 7.16. The molecule has 1 aromatic carbocycles. The summed E-state index contributed by atoms with van der Waals surface area (Å²) in [4.78, 5) is 55.0. The number of fused-ring (bicyclic) bond motifs is 7. The van der Waals surface area contributed by atoms with E-state index in [2.05, 4.69) is 263 Å². The number of H-pyrrole nitrogens is 6. The molecule has 0 spiro atoms. The van der Waals surface area contributed by atoms with Crippen molar-refractivity contribution < 1.29 is 5.71 Å². The maximum Gasteiger partial charge on any atom is 0.186 e. The SMILES string of the molecule is CC(C)C[C@H]1CC(c2cn(C)c(-c3[nH]nc4ncccc34)n2)CCN1.CC(C)C[C@H]1CN(c2csc(-c3[nH]nc4ncccc34)n2)CCN1.Cc1cn(C2CCNCC2)nc1-c1[nH]nc2ncccc12.Cc1sc(N2CCCNCC2)nc1-c1[nH]nc2ncccc12.Cc1sc(N2CCN[C@@H](CC(C)C)C2)nc1-c1[nH]nc2ncccc12.[HH].[HH].[HH].[HH].c1cnc2n[nH]c(-c3nn(C4CCNCC4)c4ccccc34)c2c1. The number of nitrogens with one attached hydrogen (secondary N) is 12. The van der Waals surface area contributed by atoms with Gasteiger partial charge in [-0.1, -0.05) is 59.7 Å². The van der Waals surface area contributed by atoms with E-state index in [9.17, 15) is 0 Å². The van der Waals surface area contributed by atoms with Crippen LogP contribution in [0.25, 0.3) is 145 Å². The molecule has 0 aliphatic carbocycles. The Morgan fingerprint density at radius 3 is 1.38 bits per heavy atom. The topological polar surface area (TPSA) is 423 Å². The fourth-order valence-electron chi connectivity index (χ4n) is 20.2. The number of hydrogen-bond donors (Lipinski definition) is 12. The van der Waals surface area contributed by atoms with Crippen LogP contribution in [-0.4, -0.2) is 251 Å². The van der Waals surface area contributed by atoms with Crippen LogP contribution in [0.15, 0.2) is 152 Å². The van der Waals surface area contributed by atoms with Crippen molar-refractivity contribution in [1.82, 2.24) is 167 Å². The lowest BCUT2D eigenvalue weighted by atomic mass is 9.86. The number of para-hydroxylation sites is 1. The Hall–Kier alpha value is -13.1. The Bertz CT molecular complexity index is 7210. The number of benzene rings is 1. The second-order valence-corrected chi connectivity index (χ2v) is 41.9. The quantitative estimate of drug-likeness (QED) is 0.0379. The van der Waals surface area contributed by atoms with Crippen LogP contribution in [-0.2, 0) is 7.05 Å². The van der Waals surface area contributed by atoms with E-state index in [-0.39, 0.29) is 5.71 Å². The minimum Gasteiger partial charge on any atom is -0.353 e. The van der Waals surface area contributed by atoms with E-state index >= 15 is 0 Å². The number of piperidine rings is 3. The van der Waals surface area contributed by atoms with Gasteiger partial charge in [-0.3, -0.25) is 40.0 Å². The Morgan fingerprint density at radius 2 is 0.837 bits per heavy atom. The van der Waals surface area contributed by atoms with Gasteiger partial charge >= 0.3 is 0 Å². The van der Waals surface area contributed by atoms with Gasteiger partial charge in [0.1, 0.15) is 45.0 Å². The first-order valence-corrected chi connectivity index (χ1v) is 52.3. The Morgan fingerprint density at radius 1 is 0.397 bits per heavy atom. The molecular formula is C102H134N36S3. The van der Waals surface area contributed by atoms with Crippen LogP contribution in [0.2, 0.25) is 0 Å². The summed E-state index contributed by atoms with van der Waals surface area (Å²) in [5.74, 6) is 4.66. The summed E-state index contributed by atoms with van der Waals surface area (Å²) in [6.45, 7) is 35.6. The minimum absolute atomic E-state index is 0. The van der Waals surface area contributed by atoms with Crippen molar-refractivity contribution in [1.29, 1.82) is 0 Å². The van der Waals surface area contributed by atoms with Gasteiger partial charge in [-0.25, -0.2) is 49.8 Å². The molecule has 6 aliphatic heterocycles. The number of aromatic amines is 6. The maximum atomic E-state index is 5.00. The predicted molar refractivity (Wildman–Crippen MR) is 574 cm³/mol. The van der Waals surface area contributed by atoms with E-state index in [1.165, 1.54) is 52.2 Å². The fraction of sp³-hybridized carbons (Fsp3) is 0.431. The normalized spacial score (nSPS) is 18.0. The van der Waals surface area contributed by atoms with Gasteiger partial charge in [0.25, 0.3) is 0 Å². The number of nitrogens with zero attached hydrogens (tertiary/aromatic N) is 24. The third-order valence-corrected chi connectivity index (χ3v) is 30.0. The average Bonchev–Trinajstić information content (AvgIpc) is 1.60. The summed E-state index contributed by atoms with van der Waals surface area (Å²) in [5.41, 5.74) is 17.7. The molecule has 18 aromatic heterocycles. The zero-order chi connectivity index (χ0) is 96.4. The standard InChI is InChI=1S/C19H26N6.C18H24N6S.C18H18N6.C17H22N6S.C15H18N6S.C15H18N6.4H2/c1-12(2)9-14-10-13(6-8-20-14)16-11-25(3)19(22-16)17-15-5-4-7-21-18(15)24-23-17;1-11(2)9-13-10-24(8-7-19-13)18-21-15(12(3)25-18)16-14-5-4-6-20-17(14)23-22-16;1-2-6-15-13(4-1)17(23-24(15)12-7-10-19-11-8-12)16-14-5-3-9-20-18(14)22-21-16;1-11(2)8-12-9-23(7-6-18-12)14-10-24-17(20-14)15-13-4-3-5-19-16(13)22-21-15;1-10-12(13-11-4-2-6-17-14(11)20-19-13)18-15(22-10)21-8-3-5-16-7-9-21;1-10-9-21(11-4-7-16-8-5-11)20-13(10)14-12-3-2-6-17-15(12)19-18-14;;;;/h4-5,7,11-14,20H,6,8-10H2,1-3H3,(H,21,23,24);4-6,11,13,19H,7-10H2,1-3H3,(H,20,22,23);1-6,9,12,19H,7-8,10-11H2,(H,20,21,22);3-5,10-12,18H,6-9H2,1-2H3,(H,19,21,22);2,4,6,16H,3,5,7-9H2,1H3,(H,17,19,20);2-3,6,9,11,16H,4-5,7-8H2,1H3,(H,17,18,19);4*1H/t13?,14-;13-;;12-;;;;;;/m00.0....../s1. The Balaban J connectivity index is 0.000000124. The van der Waals surface area contributed by atoms with Crippen LogP contribution >= 0.6 is 34.0 Å². The smallest absolute Gasteiger partial charge is 0.186 e. The summed E-state index contributed by atoms with van der Waals surface area (Å²) >= 11 is 5.18. The van der Waals surface area contributed by atoms with E-state index < -0.39 is 0 Å². The number of thiazole rings is 3. The van der Waals surface area contributed by atoms with Crippen LogP contribution in [0.4, 0.5) is 16.1 Å². The number of rotatable bonds is 18. The molecule has 25 rings (SSSR count). The van der Waals surface area contributed by atoms with Crippen molar-refractivity contribution in [3.8, 4) is 67.8 Å². The lowest BCUT2D eigenvalue weighted by molar-refractivity contribution is 0.317. The van der Waals surface area contributed by atoms with E-state index in [1.54, 1.807) is 71.2 Å². The van der Waals surface area contributed by atoms with Crippen LogP contribution < -0.4 is 46.6 Å². The number of piperazine rings is 2. The maximum absolute atomic E-state index is 5.00. The first-order chi connectivity index (χ1) is 69.0. The molecule has 39 heteroatoms. The number of imidazole rings is 1. The Kier molecular flexibility index (Phi) is 29.7. The van der Waals surface area contributed by atoms with Gasteiger partial charge < -0.3 is 51.2 Å². The number of pyridine rings is 6. The predicted octanol–water partition coefficient (Wildman–Crippen LogP) is 17.5. The third-order valence-electron chi connectivity index (χ3n) is 27.1. The van der Waals surface area contributed by atoms with E-state index in [1.807, 2.05) is 72.8 Å². The second-order valence-electron chi connectivity index (χ2n) is 38.7. The number of aryl methyl sites for hydroxylation is 4. The molecule has 740 valence electrons. The minimum atomic E-state index is 0. The fourth-order valence-corrected chi connectivity index (χ4v) is 23.0. The lowest BCUT2D eigenvalue weighted by Gasteiger charge is -2.34. The molecule has 4 atom stereocenters. The molecule has 36 nitrogen and oxygen atoms in total. The van der Waals surface area contributed by atoms with Gasteiger partial charge in [0.05, 0.1) is 46.1 Å². The average molecular weight is 1960 g/mol. The summed E-state index contributed by atoms with van der Waals surface area (Å²) in [6, 6.07) is 34.9. The van der Waals surface area contributed by atoms with Crippen LogP contribution in [0.5, 0.6) is 0 Å². The molecule has 141 heavy (non-hydrogen) atoms. The van der Waals surface area contributed by atoms with Crippen LogP contribution in [0.1, 0.15) is 150 Å². The molecule has 1 unspecified atom stereocenters. The highest BCUT2D eigenvalue weighted by Crippen LogP contribution is 2.41.